The number of rotatable bonds is 5. The predicted molar refractivity (Wildman–Crippen MR) is 103 cm³/mol. The lowest BCUT2D eigenvalue weighted by Crippen LogP contribution is -2.52. The summed E-state index contributed by atoms with van der Waals surface area (Å²) in [5.41, 5.74) is 0.399. The molecule has 1 saturated heterocycles. The Morgan fingerprint density at radius 2 is 1.96 bits per heavy atom. The van der Waals surface area contributed by atoms with Gasteiger partial charge < -0.3 is 15.1 Å². The van der Waals surface area contributed by atoms with E-state index in [9.17, 15) is 0 Å². The first-order valence-electron chi connectivity index (χ1n) is 8.96. The SMILES string of the molecule is CCc1nsc(N2CCN(C(=NC)NCCCC(C)(C)C)CC2)n1. The molecule has 2 heterocycles. The molecule has 0 aliphatic carbocycles. The van der Waals surface area contributed by atoms with E-state index < -0.39 is 0 Å². The molecule has 1 aliphatic heterocycles. The zero-order valence-electron chi connectivity index (χ0n) is 15.8. The minimum Gasteiger partial charge on any atom is -0.356 e. The van der Waals surface area contributed by atoms with Crippen LogP contribution < -0.4 is 10.2 Å². The molecule has 0 bridgehead atoms. The normalized spacial score (nSPS) is 16.6. The van der Waals surface area contributed by atoms with Crippen LogP contribution in [0, 0.1) is 5.41 Å². The summed E-state index contributed by atoms with van der Waals surface area (Å²) in [6, 6.07) is 0. The third kappa shape index (κ3) is 5.61. The van der Waals surface area contributed by atoms with Gasteiger partial charge in [-0.25, -0.2) is 4.98 Å². The van der Waals surface area contributed by atoms with Crippen LogP contribution in [0.2, 0.25) is 0 Å². The summed E-state index contributed by atoms with van der Waals surface area (Å²) in [7, 11) is 1.87. The van der Waals surface area contributed by atoms with Gasteiger partial charge in [0.15, 0.2) is 5.96 Å². The molecule has 0 amide bonds. The van der Waals surface area contributed by atoms with E-state index in [0.29, 0.717) is 5.41 Å². The average Bonchev–Trinajstić information content (AvgIpc) is 3.03. The van der Waals surface area contributed by atoms with Crippen molar-refractivity contribution in [3.63, 3.8) is 0 Å². The number of aromatic nitrogens is 2. The predicted octanol–water partition coefficient (Wildman–Crippen LogP) is 2.62. The maximum absolute atomic E-state index is 4.60. The van der Waals surface area contributed by atoms with Crippen molar-refractivity contribution in [3.05, 3.63) is 5.82 Å². The van der Waals surface area contributed by atoms with Crippen LogP contribution in [0.15, 0.2) is 4.99 Å². The second kappa shape index (κ2) is 8.65. The van der Waals surface area contributed by atoms with E-state index in [1.165, 1.54) is 24.4 Å². The molecule has 1 aliphatic rings. The fourth-order valence-corrected chi connectivity index (χ4v) is 3.58. The van der Waals surface area contributed by atoms with Crippen molar-refractivity contribution in [1.29, 1.82) is 0 Å². The van der Waals surface area contributed by atoms with Gasteiger partial charge in [0.05, 0.1) is 0 Å². The molecular weight excluding hydrogens is 320 g/mol. The monoisotopic (exact) mass is 352 g/mol. The zero-order chi connectivity index (χ0) is 17.6. The molecule has 0 aromatic carbocycles. The quantitative estimate of drug-likeness (QED) is 0.501. The zero-order valence-corrected chi connectivity index (χ0v) is 16.6. The lowest BCUT2D eigenvalue weighted by molar-refractivity contribution is 0.354. The number of hydrogen-bond acceptors (Lipinski definition) is 5. The van der Waals surface area contributed by atoms with E-state index in [1.807, 2.05) is 7.05 Å². The molecule has 6 nitrogen and oxygen atoms in total. The lowest BCUT2D eigenvalue weighted by atomic mass is 9.91. The molecule has 1 fully saturated rings. The first-order valence-corrected chi connectivity index (χ1v) is 9.73. The minimum absolute atomic E-state index is 0.399. The van der Waals surface area contributed by atoms with Gasteiger partial charge in [0.2, 0.25) is 5.13 Å². The van der Waals surface area contributed by atoms with Crippen molar-refractivity contribution >= 4 is 22.6 Å². The molecule has 0 unspecified atom stereocenters. The number of nitrogens with one attached hydrogen (secondary N) is 1. The summed E-state index contributed by atoms with van der Waals surface area (Å²) in [6.45, 7) is 13.8. The van der Waals surface area contributed by atoms with Gasteiger partial charge >= 0.3 is 0 Å². The summed E-state index contributed by atoms with van der Waals surface area (Å²) in [5.74, 6) is 1.98. The Morgan fingerprint density at radius 3 is 2.50 bits per heavy atom. The maximum Gasteiger partial charge on any atom is 0.205 e. The Bertz CT molecular complexity index is 525. The van der Waals surface area contributed by atoms with E-state index in [-0.39, 0.29) is 0 Å². The first kappa shape index (κ1) is 19.0. The van der Waals surface area contributed by atoms with Gasteiger partial charge in [-0.1, -0.05) is 27.7 Å². The van der Waals surface area contributed by atoms with E-state index in [2.05, 4.69) is 57.2 Å². The molecule has 1 aromatic heterocycles. The van der Waals surface area contributed by atoms with Crippen molar-refractivity contribution in [2.24, 2.45) is 10.4 Å². The van der Waals surface area contributed by atoms with Crippen molar-refractivity contribution in [2.45, 2.75) is 47.0 Å². The molecule has 136 valence electrons. The highest BCUT2D eigenvalue weighted by atomic mass is 32.1. The number of piperazine rings is 1. The molecule has 2 rings (SSSR count). The van der Waals surface area contributed by atoms with Gasteiger partial charge in [-0.05, 0) is 18.3 Å². The summed E-state index contributed by atoms with van der Waals surface area (Å²) in [6.07, 6.45) is 3.30. The molecule has 0 spiro atoms. The Morgan fingerprint density at radius 1 is 1.25 bits per heavy atom. The second-order valence-electron chi connectivity index (χ2n) is 7.46. The topological polar surface area (TPSA) is 56.7 Å². The molecule has 7 heteroatoms. The second-order valence-corrected chi connectivity index (χ2v) is 8.19. The van der Waals surface area contributed by atoms with Crippen LogP contribution in [0.3, 0.4) is 0 Å². The smallest absolute Gasteiger partial charge is 0.205 e. The Labute approximate surface area is 150 Å². The van der Waals surface area contributed by atoms with Crippen molar-refractivity contribution < 1.29 is 0 Å². The van der Waals surface area contributed by atoms with Crippen LogP contribution in [0.4, 0.5) is 5.13 Å². The Hall–Kier alpha value is -1.37. The van der Waals surface area contributed by atoms with Gasteiger partial charge in [0, 0.05) is 57.7 Å². The maximum atomic E-state index is 4.60. The summed E-state index contributed by atoms with van der Waals surface area (Å²) in [4.78, 5) is 13.7. The standard InChI is InChI=1S/C17H32N6S/c1-6-14-20-16(24-21-14)23-12-10-22(11-13-23)15(18-5)19-9-7-8-17(2,3)4/h6-13H2,1-5H3,(H,18,19). The molecule has 24 heavy (non-hydrogen) atoms. The first-order chi connectivity index (χ1) is 11.4. The number of anilines is 1. The van der Waals surface area contributed by atoms with Crippen LogP contribution in [-0.2, 0) is 6.42 Å². The number of aliphatic imine (C=N–C) groups is 1. The van der Waals surface area contributed by atoms with Crippen molar-refractivity contribution in [2.75, 3.05) is 44.7 Å². The Balaban J connectivity index is 1.77. The largest absolute Gasteiger partial charge is 0.356 e. The van der Waals surface area contributed by atoms with Crippen LogP contribution in [0.1, 0.15) is 46.4 Å². The average molecular weight is 353 g/mol. The number of nitrogens with zero attached hydrogens (tertiary/aromatic N) is 5. The highest BCUT2D eigenvalue weighted by Gasteiger charge is 2.22. The van der Waals surface area contributed by atoms with Crippen molar-refractivity contribution in [1.82, 2.24) is 19.6 Å². The van der Waals surface area contributed by atoms with E-state index in [1.54, 1.807) is 0 Å². The van der Waals surface area contributed by atoms with Gasteiger partial charge in [0.25, 0.3) is 0 Å². The van der Waals surface area contributed by atoms with Gasteiger partial charge in [-0.2, -0.15) is 4.37 Å². The summed E-state index contributed by atoms with van der Waals surface area (Å²) < 4.78 is 4.39. The third-order valence-corrected chi connectivity index (χ3v) is 5.04. The Kier molecular flexibility index (Phi) is 6.83. The number of guanidine groups is 1. The molecule has 0 radical (unpaired) electrons. The summed E-state index contributed by atoms with van der Waals surface area (Å²) in [5, 5.41) is 4.57. The molecular formula is C17H32N6S. The number of aryl methyl sites for hydroxylation is 1. The number of hydrogen-bond donors (Lipinski definition) is 1. The van der Waals surface area contributed by atoms with Gasteiger partial charge in [-0.15, -0.1) is 0 Å². The van der Waals surface area contributed by atoms with Crippen LogP contribution >= 0.6 is 11.5 Å². The molecule has 0 saturated carbocycles. The fraction of sp³-hybridized carbons (Fsp3) is 0.824. The molecule has 1 aromatic rings. The molecule has 1 N–H and O–H groups in total. The van der Waals surface area contributed by atoms with E-state index in [0.717, 1.165) is 56.1 Å². The molecule has 0 atom stereocenters. The minimum atomic E-state index is 0.399. The highest BCUT2D eigenvalue weighted by Crippen LogP contribution is 2.20. The third-order valence-electron chi connectivity index (χ3n) is 4.22. The van der Waals surface area contributed by atoms with Crippen LogP contribution in [0.25, 0.3) is 0 Å². The van der Waals surface area contributed by atoms with Crippen LogP contribution in [-0.4, -0.2) is 60.0 Å². The lowest BCUT2D eigenvalue weighted by Gasteiger charge is -2.36. The van der Waals surface area contributed by atoms with Gasteiger partial charge in [-0.3, -0.25) is 4.99 Å². The van der Waals surface area contributed by atoms with E-state index >= 15 is 0 Å². The van der Waals surface area contributed by atoms with Crippen LogP contribution in [0.5, 0.6) is 0 Å². The van der Waals surface area contributed by atoms with Gasteiger partial charge in [0.1, 0.15) is 5.82 Å². The summed E-state index contributed by atoms with van der Waals surface area (Å²) >= 11 is 1.52. The fourth-order valence-electron chi connectivity index (χ4n) is 2.78. The van der Waals surface area contributed by atoms with Crippen molar-refractivity contribution in [3.8, 4) is 0 Å². The van der Waals surface area contributed by atoms with E-state index in [4.69, 9.17) is 0 Å². The highest BCUT2D eigenvalue weighted by molar-refractivity contribution is 7.09.